The molecule has 0 amide bonds. The zero-order chi connectivity index (χ0) is 34.3. The number of nitrogens with one attached hydrogen (secondary N) is 4. The Morgan fingerprint density at radius 1 is 0.875 bits per heavy atom. The molecule has 0 heterocycles. The van der Waals surface area contributed by atoms with Crippen LogP contribution >= 0.6 is 37.2 Å². The van der Waals surface area contributed by atoms with Crippen molar-refractivity contribution < 1.29 is 114 Å². The minimum absolute atomic E-state index is 0. The first-order valence-corrected chi connectivity index (χ1v) is 21.6. The minimum Gasteiger partial charge on any atom is -0.870 e. The van der Waals surface area contributed by atoms with Gasteiger partial charge in [-0.3, -0.25) is 0 Å². The van der Waals surface area contributed by atoms with Crippen LogP contribution in [0.15, 0.2) is 0 Å². The van der Waals surface area contributed by atoms with Crippen LogP contribution in [0.1, 0.15) is 92.9 Å². The molecule has 2 rings (SSSR count). The first kappa shape index (κ1) is 62.1. The van der Waals surface area contributed by atoms with Gasteiger partial charge in [0.05, 0.1) is 12.6 Å². The van der Waals surface area contributed by atoms with Crippen LogP contribution < -0.4 is 115 Å². The molecule has 262 valence electrons. The number of nitriles is 1. The molecule has 5 N–H and O–H groups in total. The number of rotatable bonds is 14. The van der Waals surface area contributed by atoms with Crippen LogP contribution in [-0.4, -0.2) is 75.5 Å². The Morgan fingerprint density at radius 3 is 1.67 bits per heavy atom. The number of halogens is 2. The van der Waals surface area contributed by atoms with Crippen molar-refractivity contribution in [2.24, 2.45) is 21.7 Å². The SMILES string of the molecule is II.O=C=O.[C-]#[N+]CCNC1CC(C)(C)CC(C)(CNCCC#N)C1.[CH2-]CNC1CC(C)(C)CC(C)(CNCCC(=O)[O-])C1.[Na+].[Na+].[Na+].[OH-]. The first-order valence-electron chi connectivity index (χ1n) is 15.3. The third-order valence-corrected chi connectivity index (χ3v) is 8.00. The fourth-order valence-electron chi connectivity index (χ4n) is 7.47. The first-order chi connectivity index (χ1) is 20.6. The summed E-state index contributed by atoms with van der Waals surface area (Å²) in [6, 6.07) is 3.19. The second-order valence-corrected chi connectivity index (χ2v) is 14.3. The normalized spacial score (nSPS) is 24.1. The summed E-state index contributed by atoms with van der Waals surface area (Å²) in [5.41, 5.74) is 1.13. The molecule has 2 fully saturated rings. The van der Waals surface area contributed by atoms with E-state index in [1.807, 2.05) is 0 Å². The van der Waals surface area contributed by atoms with Gasteiger partial charge in [-0.25, -0.2) is 6.57 Å². The maximum atomic E-state index is 10.4. The second kappa shape index (κ2) is 34.8. The molecule has 2 aliphatic rings. The molecule has 0 aromatic carbocycles. The van der Waals surface area contributed by atoms with E-state index in [1.54, 1.807) is 0 Å². The molecule has 2 saturated carbocycles. The van der Waals surface area contributed by atoms with E-state index in [2.05, 4.69) is 118 Å². The van der Waals surface area contributed by atoms with Crippen molar-refractivity contribution in [3.05, 3.63) is 18.3 Å². The average Bonchev–Trinajstić information content (AvgIpc) is 2.89. The van der Waals surface area contributed by atoms with Gasteiger partial charge < -0.3 is 48.4 Å². The Balaban J connectivity index is -0.000000151. The molecule has 4 atom stereocenters. The maximum Gasteiger partial charge on any atom is 1.00 e. The maximum absolute atomic E-state index is 10.4. The molecule has 0 bridgehead atoms. The molecule has 0 radical (unpaired) electrons. The number of hydrogen-bond acceptors (Lipinski definition) is 10. The van der Waals surface area contributed by atoms with Crippen molar-refractivity contribution in [2.75, 3.05) is 45.8 Å². The predicted molar refractivity (Wildman–Crippen MR) is 192 cm³/mol. The summed E-state index contributed by atoms with van der Waals surface area (Å²) in [5, 5.41) is 32.7. The summed E-state index contributed by atoms with van der Waals surface area (Å²) in [6.45, 7) is 29.9. The minimum atomic E-state index is -0.988. The fraction of sp³-hybridized carbons (Fsp3) is 0.844. The summed E-state index contributed by atoms with van der Waals surface area (Å²) in [4.78, 5) is 30.1. The number of carboxylic acids is 1. The van der Waals surface area contributed by atoms with E-state index in [0.717, 1.165) is 52.0 Å². The standard InChI is InChI=1S/C16H28N4.C15H29N2O2.CO2.I2.3Na.H2O/c1-15(2)10-14(20-9-8-18-4)11-16(3,12-15)13-19-7-5-6-17;1-5-17-12-8-14(2,3)10-15(4,9-12)11-16-7-6-13(18)19;2-1-3;1-2;;;;/h14,19-20H,5,7-13H2,1-3H3;12,16-17H,1,5-11H2,2-4H3,(H,18,19);;;;;;1H2/q;-1;;;3*+1;/p-2. The molecular weight excluding hydrogens is 871 g/mol. The van der Waals surface area contributed by atoms with E-state index in [1.165, 1.54) is 19.3 Å². The van der Waals surface area contributed by atoms with E-state index < -0.39 is 5.97 Å². The van der Waals surface area contributed by atoms with Gasteiger partial charge in [0.25, 0.3) is 0 Å². The fourth-order valence-corrected chi connectivity index (χ4v) is 7.47. The molecule has 4 unspecified atom stereocenters. The molecule has 0 aromatic heterocycles. The molecule has 0 saturated heterocycles. The van der Waals surface area contributed by atoms with Gasteiger partial charge in [0.15, 0.2) is 0 Å². The molecule has 0 spiro atoms. The smallest absolute Gasteiger partial charge is 0.870 e. The van der Waals surface area contributed by atoms with E-state index in [-0.39, 0.29) is 118 Å². The van der Waals surface area contributed by atoms with Gasteiger partial charge in [0.2, 0.25) is 6.54 Å². The number of hydrogen-bond donors (Lipinski definition) is 4. The van der Waals surface area contributed by atoms with Crippen molar-refractivity contribution in [3.63, 3.8) is 0 Å². The number of carbonyl (C=O) groups excluding carboxylic acids is 3. The van der Waals surface area contributed by atoms with E-state index in [4.69, 9.17) is 21.4 Å². The van der Waals surface area contributed by atoms with Crippen LogP contribution in [0, 0.1) is 46.5 Å². The average molecular weight is 929 g/mol. The molecule has 16 heteroatoms. The molecule has 48 heavy (non-hydrogen) atoms. The van der Waals surface area contributed by atoms with Crippen LogP contribution in [0.5, 0.6) is 0 Å². The van der Waals surface area contributed by atoms with Crippen LogP contribution in [-0.2, 0) is 14.4 Å². The van der Waals surface area contributed by atoms with Crippen LogP contribution in [0.4, 0.5) is 0 Å². The topological polar surface area (TPSA) is 181 Å². The van der Waals surface area contributed by atoms with Crippen molar-refractivity contribution in [2.45, 2.75) is 105 Å². The van der Waals surface area contributed by atoms with Gasteiger partial charge in [0, 0.05) is 87.9 Å². The van der Waals surface area contributed by atoms with Crippen molar-refractivity contribution in [1.29, 1.82) is 5.26 Å². The third kappa shape index (κ3) is 32.7. The summed E-state index contributed by atoms with van der Waals surface area (Å²) < 4.78 is 0. The van der Waals surface area contributed by atoms with Gasteiger partial charge >= 0.3 is 94.8 Å². The summed E-state index contributed by atoms with van der Waals surface area (Å²) in [5.74, 6) is -0.988. The van der Waals surface area contributed by atoms with Crippen LogP contribution in [0.3, 0.4) is 0 Å². The Labute approximate surface area is 381 Å². The molecular formula is C32H57I2N6Na3O5. The van der Waals surface area contributed by atoms with Gasteiger partial charge in [-0.1, -0.05) is 41.5 Å². The zero-order valence-electron chi connectivity index (χ0n) is 31.2. The molecule has 11 nitrogen and oxygen atoms in total. The largest absolute Gasteiger partial charge is 1.00 e. The number of nitrogens with zero attached hydrogens (tertiary/aromatic N) is 2. The quantitative estimate of drug-likeness (QED) is 0.0573. The Bertz CT molecular complexity index is 937. The Kier molecular flexibility index (Phi) is 45.1. The van der Waals surface area contributed by atoms with Crippen LogP contribution in [0.25, 0.3) is 4.85 Å². The van der Waals surface area contributed by atoms with Gasteiger partial charge in [-0.15, -0.1) is 6.54 Å². The summed E-state index contributed by atoms with van der Waals surface area (Å²) >= 11 is 4.24. The zero-order valence-corrected chi connectivity index (χ0v) is 41.5. The summed E-state index contributed by atoms with van der Waals surface area (Å²) in [6.07, 6.45) is 7.90. The number of carbonyl (C=O) groups is 1. The second-order valence-electron chi connectivity index (χ2n) is 14.3. The van der Waals surface area contributed by atoms with Gasteiger partial charge in [0.1, 0.15) is 0 Å². The van der Waals surface area contributed by atoms with E-state index in [0.29, 0.717) is 42.4 Å². The summed E-state index contributed by atoms with van der Waals surface area (Å²) in [7, 11) is 0. The van der Waals surface area contributed by atoms with Gasteiger partial charge in [-0.2, -0.15) is 14.9 Å². The van der Waals surface area contributed by atoms with Gasteiger partial charge in [-0.05, 0) is 66.6 Å². The predicted octanol–water partition coefficient (Wildman–Crippen LogP) is -4.67. The monoisotopic (exact) mass is 928 g/mol. The molecule has 0 aromatic rings. The van der Waals surface area contributed by atoms with Crippen molar-refractivity contribution in [3.8, 4) is 6.07 Å². The Morgan fingerprint density at radius 2 is 1.29 bits per heavy atom. The van der Waals surface area contributed by atoms with E-state index >= 15 is 0 Å². The third-order valence-electron chi connectivity index (χ3n) is 8.00. The van der Waals surface area contributed by atoms with Crippen LogP contribution in [0.2, 0.25) is 0 Å². The molecule has 2 aliphatic carbocycles. The van der Waals surface area contributed by atoms with Crippen molar-refractivity contribution in [1.82, 2.24) is 21.3 Å². The van der Waals surface area contributed by atoms with E-state index in [9.17, 15) is 9.90 Å². The molecule has 0 aliphatic heterocycles. The Hall–Kier alpha value is 2.09. The number of aliphatic carboxylic acids is 1. The van der Waals surface area contributed by atoms with Crippen molar-refractivity contribution >= 4 is 49.4 Å². The number of carboxylic acid groups (broad SMARTS) is 1.